The molecule has 0 saturated carbocycles. The number of hydrogen-bond donors (Lipinski definition) is 2. The Balaban J connectivity index is 2.24. The standard InChI is InChI=1S/C23H33N3O3S/c1-3-5-6-7-8-11-17(27)14-15-20(30-21(24)4-2)23-25-18-12-9-10-13-19(18)26(23)16-22(28)29/h9-10,12-15,20-21H,3-8,11,16,24H2,1-2H3,(H,28,29). The van der Waals surface area contributed by atoms with Gasteiger partial charge in [-0.15, -0.1) is 11.8 Å². The number of fused-ring (bicyclic) bond motifs is 1. The third-order valence-corrected chi connectivity index (χ3v) is 6.28. The molecule has 2 aromatic rings. The number of carbonyl (C=O) groups is 2. The van der Waals surface area contributed by atoms with E-state index in [0.29, 0.717) is 12.2 Å². The molecule has 2 rings (SSSR count). The summed E-state index contributed by atoms with van der Waals surface area (Å²) in [6, 6.07) is 7.47. The molecule has 0 bridgehead atoms. The molecular weight excluding hydrogens is 398 g/mol. The van der Waals surface area contributed by atoms with Crippen molar-refractivity contribution in [2.24, 2.45) is 5.73 Å². The maximum absolute atomic E-state index is 12.4. The quantitative estimate of drug-likeness (QED) is 0.246. The summed E-state index contributed by atoms with van der Waals surface area (Å²) < 4.78 is 1.71. The summed E-state index contributed by atoms with van der Waals surface area (Å²) >= 11 is 1.49. The zero-order valence-electron chi connectivity index (χ0n) is 17.9. The minimum absolute atomic E-state index is 0.0862. The highest BCUT2D eigenvalue weighted by Gasteiger charge is 2.22. The number of hydrogen-bond acceptors (Lipinski definition) is 5. The van der Waals surface area contributed by atoms with Gasteiger partial charge in [-0.1, -0.05) is 57.7 Å². The minimum Gasteiger partial charge on any atom is -0.480 e. The molecule has 1 aromatic carbocycles. The molecule has 164 valence electrons. The lowest BCUT2D eigenvalue weighted by Crippen LogP contribution is -2.18. The first-order valence-electron chi connectivity index (χ1n) is 10.7. The maximum atomic E-state index is 12.4. The number of imidazole rings is 1. The van der Waals surface area contributed by atoms with Crippen molar-refractivity contribution in [2.45, 2.75) is 76.0 Å². The molecule has 0 spiro atoms. The van der Waals surface area contributed by atoms with Gasteiger partial charge in [0.25, 0.3) is 0 Å². The highest BCUT2D eigenvalue weighted by Crippen LogP contribution is 2.34. The number of thioether (sulfide) groups is 1. The van der Waals surface area contributed by atoms with Crippen molar-refractivity contribution in [1.29, 1.82) is 0 Å². The predicted octanol–water partition coefficient (Wildman–Crippen LogP) is 5.08. The van der Waals surface area contributed by atoms with Crippen LogP contribution in [0.2, 0.25) is 0 Å². The van der Waals surface area contributed by atoms with Gasteiger partial charge in [-0.05, 0) is 31.1 Å². The van der Waals surface area contributed by atoms with Crippen LogP contribution in [0.15, 0.2) is 36.4 Å². The van der Waals surface area contributed by atoms with Crippen LogP contribution in [0.5, 0.6) is 0 Å². The summed E-state index contributed by atoms with van der Waals surface area (Å²) in [5.41, 5.74) is 7.68. The van der Waals surface area contributed by atoms with Gasteiger partial charge in [0.15, 0.2) is 5.78 Å². The Kier molecular flexibility index (Phi) is 10.1. The largest absolute Gasteiger partial charge is 0.480 e. The van der Waals surface area contributed by atoms with Crippen LogP contribution in [-0.4, -0.2) is 31.8 Å². The molecule has 0 radical (unpaired) electrons. The topological polar surface area (TPSA) is 98.2 Å². The SMILES string of the molecule is CCCCCCCC(=O)C=CC(SC(N)CC)c1nc2ccccc2n1CC(=O)O. The van der Waals surface area contributed by atoms with E-state index in [-0.39, 0.29) is 23.0 Å². The van der Waals surface area contributed by atoms with Gasteiger partial charge >= 0.3 is 5.97 Å². The monoisotopic (exact) mass is 431 g/mol. The van der Waals surface area contributed by atoms with Crippen molar-refractivity contribution >= 4 is 34.5 Å². The molecule has 0 amide bonds. The molecule has 6 nitrogen and oxygen atoms in total. The molecule has 3 N–H and O–H groups in total. The van der Waals surface area contributed by atoms with Gasteiger partial charge in [-0.25, -0.2) is 4.98 Å². The van der Waals surface area contributed by atoms with E-state index in [9.17, 15) is 14.7 Å². The molecule has 0 aliphatic heterocycles. The van der Waals surface area contributed by atoms with Crippen molar-refractivity contribution in [3.05, 3.63) is 42.2 Å². The van der Waals surface area contributed by atoms with E-state index in [1.54, 1.807) is 10.6 Å². The van der Waals surface area contributed by atoms with Crippen LogP contribution in [0.3, 0.4) is 0 Å². The molecule has 2 unspecified atom stereocenters. The number of benzene rings is 1. The Hall–Kier alpha value is -2.12. The third kappa shape index (κ3) is 7.29. The number of aromatic nitrogens is 2. The fourth-order valence-electron chi connectivity index (χ4n) is 3.27. The smallest absolute Gasteiger partial charge is 0.323 e. The van der Waals surface area contributed by atoms with E-state index in [0.717, 1.165) is 36.7 Å². The predicted molar refractivity (Wildman–Crippen MR) is 123 cm³/mol. The number of para-hydroxylation sites is 2. The second-order valence-corrected chi connectivity index (χ2v) is 8.82. The summed E-state index contributed by atoms with van der Waals surface area (Å²) in [5.74, 6) is -0.238. The van der Waals surface area contributed by atoms with E-state index in [2.05, 4.69) is 11.9 Å². The molecule has 0 aliphatic carbocycles. The average Bonchev–Trinajstić information content (AvgIpc) is 3.08. The second-order valence-electron chi connectivity index (χ2n) is 7.43. The van der Waals surface area contributed by atoms with Crippen molar-refractivity contribution in [3.63, 3.8) is 0 Å². The van der Waals surface area contributed by atoms with Gasteiger partial charge in [0.1, 0.15) is 12.4 Å². The van der Waals surface area contributed by atoms with Crippen LogP contribution in [-0.2, 0) is 16.1 Å². The zero-order valence-corrected chi connectivity index (χ0v) is 18.7. The number of allylic oxidation sites excluding steroid dienone is 1. The summed E-state index contributed by atoms with van der Waals surface area (Å²) in [5, 5.41) is 8.97. The highest BCUT2D eigenvalue weighted by atomic mass is 32.2. The minimum atomic E-state index is -0.935. The number of carboxylic acid groups (broad SMARTS) is 1. The Morgan fingerprint density at radius 3 is 2.63 bits per heavy atom. The van der Waals surface area contributed by atoms with Crippen LogP contribution in [0.4, 0.5) is 0 Å². The summed E-state index contributed by atoms with van der Waals surface area (Å²) in [6.45, 7) is 3.98. The van der Waals surface area contributed by atoms with E-state index in [1.807, 2.05) is 37.3 Å². The first kappa shape index (κ1) is 24.2. The Bertz CT molecular complexity index is 862. The first-order valence-corrected chi connectivity index (χ1v) is 11.7. The molecule has 0 saturated heterocycles. The van der Waals surface area contributed by atoms with Crippen molar-refractivity contribution < 1.29 is 14.7 Å². The van der Waals surface area contributed by atoms with Gasteiger partial charge < -0.3 is 15.4 Å². The second kappa shape index (κ2) is 12.5. The Morgan fingerprint density at radius 1 is 1.20 bits per heavy atom. The van der Waals surface area contributed by atoms with Gasteiger partial charge in [0.05, 0.1) is 21.7 Å². The molecule has 0 aliphatic rings. The normalized spacial score (nSPS) is 13.7. The highest BCUT2D eigenvalue weighted by molar-refractivity contribution is 8.00. The van der Waals surface area contributed by atoms with Gasteiger partial charge in [-0.2, -0.15) is 0 Å². The van der Waals surface area contributed by atoms with Crippen LogP contribution in [0.1, 0.15) is 69.9 Å². The number of carbonyl (C=O) groups excluding carboxylic acids is 1. The number of ketones is 1. The third-order valence-electron chi connectivity index (χ3n) is 4.94. The summed E-state index contributed by atoms with van der Waals surface area (Å²) in [4.78, 5) is 28.5. The molecule has 1 aromatic heterocycles. The number of rotatable bonds is 14. The lowest BCUT2D eigenvalue weighted by atomic mass is 10.1. The molecular formula is C23H33N3O3S. The van der Waals surface area contributed by atoms with Gasteiger partial charge in [0, 0.05) is 6.42 Å². The van der Waals surface area contributed by atoms with Crippen LogP contribution in [0, 0.1) is 0 Å². The summed E-state index contributed by atoms with van der Waals surface area (Å²) in [7, 11) is 0. The van der Waals surface area contributed by atoms with E-state index < -0.39 is 5.97 Å². The fraction of sp³-hybridized carbons (Fsp3) is 0.522. The molecule has 30 heavy (non-hydrogen) atoms. The lowest BCUT2D eigenvalue weighted by Gasteiger charge is -2.18. The zero-order chi connectivity index (χ0) is 21.9. The van der Waals surface area contributed by atoms with Crippen LogP contribution < -0.4 is 5.73 Å². The van der Waals surface area contributed by atoms with Crippen LogP contribution >= 0.6 is 11.8 Å². The lowest BCUT2D eigenvalue weighted by molar-refractivity contribution is -0.137. The van der Waals surface area contributed by atoms with E-state index >= 15 is 0 Å². The maximum Gasteiger partial charge on any atom is 0.323 e. The van der Waals surface area contributed by atoms with E-state index in [4.69, 9.17) is 5.73 Å². The number of nitrogens with two attached hydrogens (primary N) is 1. The number of unbranched alkanes of at least 4 members (excludes halogenated alkanes) is 4. The van der Waals surface area contributed by atoms with Gasteiger partial charge in [0.2, 0.25) is 0 Å². The Morgan fingerprint density at radius 2 is 1.93 bits per heavy atom. The first-order chi connectivity index (χ1) is 14.5. The average molecular weight is 432 g/mol. The fourth-order valence-corrected chi connectivity index (χ4v) is 4.31. The van der Waals surface area contributed by atoms with E-state index in [1.165, 1.54) is 24.6 Å². The number of carboxylic acids is 1. The number of aliphatic carboxylic acids is 1. The van der Waals surface area contributed by atoms with Gasteiger partial charge in [-0.3, -0.25) is 9.59 Å². The van der Waals surface area contributed by atoms with Crippen molar-refractivity contribution in [1.82, 2.24) is 9.55 Å². The molecule has 2 atom stereocenters. The van der Waals surface area contributed by atoms with Crippen molar-refractivity contribution in [2.75, 3.05) is 0 Å². The molecule has 0 fully saturated rings. The van der Waals surface area contributed by atoms with Crippen molar-refractivity contribution in [3.8, 4) is 0 Å². The number of nitrogens with zero attached hydrogens (tertiary/aromatic N) is 2. The summed E-state index contributed by atoms with van der Waals surface area (Å²) in [6.07, 6.45) is 10.3. The molecule has 7 heteroatoms. The molecule has 1 heterocycles. The van der Waals surface area contributed by atoms with Crippen LogP contribution in [0.25, 0.3) is 11.0 Å². The Labute approximate surface area is 182 Å².